The molecule has 0 spiro atoms. The third-order valence-electron chi connectivity index (χ3n) is 6.38. The molecule has 5 nitrogen and oxygen atoms in total. The monoisotopic (exact) mass is 486 g/mol. The molecule has 2 amide bonds. The van der Waals surface area contributed by atoms with E-state index in [1.54, 1.807) is 4.90 Å². The van der Waals surface area contributed by atoms with E-state index in [0.29, 0.717) is 24.6 Å². The van der Waals surface area contributed by atoms with Crippen molar-refractivity contribution in [1.29, 1.82) is 0 Å². The van der Waals surface area contributed by atoms with Crippen LogP contribution in [-0.2, 0) is 22.6 Å². The topological polar surface area (TPSA) is 58.6 Å². The minimum atomic E-state index is -0.666. The van der Waals surface area contributed by atoms with E-state index >= 15 is 0 Å². The van der Waals surface area contributed by atoms with Gasteiger partial charge in [-0.1, -0.05) is 93.6 Å². The molecule has 1 N–H and O–H groups in total. The summed E-state index contributed by atoms with van der Waals surface area (Å²) < 4.78 is 5.88. The number of hydrogen-bond acceptors (Lipinski definition) is 3. The summed E-state index contributed by atoms with van der Waals surface area (Å²) >= 11 is 0. The first kappa shape index (κ1) is 27.0. The van der Waals surface area contributed by atoms with Gasteiger partial charge in [0.15, 0.2) is 6.61 Å². The Kier molecular flexibility index (Phi) is 10.1. The third kappa shape index (κ3) is 7.98. The Morgan fingerprint density at radius 1 is 0.833 bits per heavy atom. The number of ether oxygens (including phenoxy) is 1. The van der Waals surface area contributed by atoms with Crippen molar-refractivity contribution in [2.45, 2.75) is 65.1 Å². The Balaban J connectivity index is 1.86. The summed E-state index contributed by atoms with van der Waals surface area (Å²) in [4.78, 5) is 28.7. The van der Waals surface area contributed by atoms with E-state index in [9.17, 15) is 9.59 Å². The quantitative estimate of drug-likeness (QED) is 0.355. The normalized spacial score (nSPS) is 12.6. The zero-order valence-electron chi connectivity index (χ0n) is 21.8. The molecule has 0 fully saturated rings. The van der Waals surface area contributed by atoms with E-state index < -0.39 is 6.04 Å². The molecule has 0 aromatic heterocycles. The number of nitrogens with zero attached hydrogens (tertiary/aromatic N) is 1. The van der Waals surface area contributed by atoms with Crippen molar-refractivity contribution in [3.63, 3.8) is 0 Å². The summed E-state index contributed by atoms with van der Waals surface area (Å²) in [6.45, 7) is 8.46. The van der Waals surface area contributed by atoms with Crippen LogP contribution < -0.4 is 10.1 Å². The van der Waals surface area contributed by atoms with Crippen molar-refractivity contribution in [1.82, 2.24) is 10.2 Å². The highest BCUT2D eigenvalue weighted by molar-refractivity contribution is 5.88. The molecule has 0 bridgehead atoms. The molecule has 3 aromatic carbocycles. The van der Waals surface area contributed by atoms with Crippen LogP contribution in [0.25, 0.3) is 0 Å². The van der Waals surface area contributed by atoms with Crippen LogP contribution in [0.3, 0.4) is 0 Å². The first-order chi connectivity index (χ1) is 17.4. The molecule has 0 radical (unpaired) electrons. The maximum absolute atomic E-state index is 13.6. The molecule has 0 saturated carbocycles. The molecule has 0 saturated heterocycles. The average molecular weight is 487 g/mol. The Labute approximate surface area is 215 Å². The molecule has 5 heteroatoms. The van der Waals surface area contributed by atoms with Gasteiger partial charge < -0.3 is 15.0 Å². The Hall–Kier alpha value is -3.60. The maximum Gasteiger partial charge on any atom is 0.261 e. The van der Waals surface area contributed by atoms with Crippen LogP contribution in [0, 0.1) is 0 Å². The van der Waals surface area contributed by atoms with Crippen LogP contribution in [0.15, 0.2) is 84.9 Å². The van der Waals surface area contributed by atoms with Crippen molar-refractivity contribution >= 4 is 11.8 Å². The number of benzene rings is 3. The van der Waals surface area contributed by atoms with E-state index in [-0.39, 0.29) is 24.5 Å². The molecule has 190 valence electrons. The number of carbonyl (C=O) groups excluding carboxylic acids is 2. The van der Waals surface area contributed by atoms with Crippen LogP contribution in [0.2, 0.25) is 0 Å². The highest BCUT2D eigenvalue weighted by atomic mass is 16.5. The Bertz CT molecular complexity index is 1080. The summed E-state index contributed by atoms with van der Waals surface area (Å²) in [6, 6.07) is 26.8. The molecule has 0 heterocycles. The van der Waals surface area contributed by atoms with Crippen LogP contribution in [0.5, 0.6) is 5.75 Å². The van der Waals surface area contributed by atoms with Crippen molar-refractivity contribution in [2.24, 2.45) is 0 Å². The van der Waals surface area contributed by atoms with E-state index in [4.69, 9.17) is 4.74 Å². The van der Waals surface area contributed by atoms with Gasteiger partial charge in [-0.3, -0.25) is 9.59 Å². The van der Waals surface area contributed by atoms with E-state index in [1.165, 1.54) is 5.56 Å². The minimum absolute atomic E-state index is 0.0140. The molecule has 36 heavy (non-hydrogen) atoms. The Morgan fingerprint density at radius 3 is 1.97 bits per heavy atom. The van der Waals surface area contributed by atoms with Crippen LogP contribution in [0.1, 0.15) is 56.7 Å². The van der Waals surface area contributed by atoms with Gasteiger partial charge in [-0.05, 0) is 48.1 Å². The predicted octanol–water partition coefficient (Wildman–Crippen LogP) is 5.74. The van der Waals surface area contributed by atoms with Crippen molar-refractivity contribution in [3.8, 4) is 5.75 Å². The van der Waals surface area contributed by atoms with E-state index in [0.717, 1.165) is 17.5 Å². The molecule has 0 aliphatic heterocycles. The van der Waals surface area contributed by atoms with Crippen molar-refractivity contribution in [2.75, 3.05) is 6.61 Å². The van der Waals surface area contributed by atoms with Gasteiger partial charge in [0.25, 0.3) is 5.91 Å². The van der Waals surface area contributed by atoms with Gasteiger partial charge in [0.1, 0.15) is 11.8 Å². The molecular weight excluding hydrogens is 448 g/mol. The van der Waals surface area contributed by atoms with Crippen LogP contribution in [-0.4, -0.2) is 35.4 Å². The average Bonchev–Trinajstić information content (AvgIpc) is 2.90. The lowest BCUT2D eigenvalue weighted by Crippen LogP contribution is -2.53. The molecule has 0 unspecified atom stereocenters. The summed E-state index contributed by atoms with van der Waals surface area (Å²) in [5.74, 6) is 0.673. The summed E-state index contributed by atoms with van der Waals surface area (Å²) in [6.07, 6.45) is 1.23. The lowest BCUT2D eigenvalue weighted by Gasteiger charge is -2.32. The van der Waals surface area contributed by atoms with Crippen LogP contribution >= 0.6 is 0 Å². The highest BCUT2D eigenvalue weighted by Gasteiger charge is 2.31. The van der Waals surface area contributed by atoms with Gasteiger partial charge in [-0.2, -0.15) is 0 Å². The largest absolute Gasteiger partial charge is 0.484 e. The first-order valence-corrected chi connectivity index (χ1v) is 12.8. The zero-order chi connectivity index (χ0) is 25.9. The number of amides is 2. The second kappa shape index (κ2) is 13.5. The lowest BCUT2D eigenvalue weighted by atomic mass is 10.0. The fraction of sp³-hybridized carbons (Fsp3) is 0.355. The predicted molar refractivity (Wildman–Crippen MR) is 145 cm³/mol. The Morgan fingerprint density at radius 2 is 1.42 bits per heavy atom. The zero-order valence-corrected chi connectivity index (χ0v) is 21.8. The SMILES string of the molecule is CC[C@@H](C)NC(=O)[C@@H](Cc1ccccc1)N(Cc1ccccc1)C(=O)COc1ccc(C(C)C)cc1. The lowest BCUT2D eigenvalue weighted by molar-refractivity contribution is -0.143. The second-order valence-corrected chi connectivity index (χ2v) is 9.54. The molecule has 3 aromatic rings. The smallest absolute Gasteiger partial charge is 0.261 e. The molecule has 0 aliphatic rings. The number of rotatable bonds is 12. The minimum Gasteiger partial charge on any atom is -0.484 e. The maximum atomic E-state index is 13.6. The molecule has 2 atom stereocenters. The number of nitrogens with one attached hydrogen (secondary N) is 1. The first-order valence-electron chi connectivity index (χ1n) is 12.8. The van der Waals surface area contributed by atoms with Gasteiger partial charge in [0, 0.05) is 19.0 Å². The van der Waals surface area contributed by atoms with Gasteiger partial charge >= 0.3 is 0 Å². The fourth-order valence-corrected chi connectivity index (χ4v) is 3.95. The second-order valence-electron chi connectivity index (χ2n) is 9.54. The van der Waals surface area contributed by atoms with Crippen molar-refractivity contribution in [3.05, 3.63) is 102 Å². The number of carbonyl (C=O) groups is 2. The third-order valence-corrected chi connectivity index (χ3v) is 6.38. The van der Waals surface area contributed by atoms with Gasteiger partial charge in [0.05, 0.1) is 0 Å². The summed E-state index contributed by atoms with van der Waals surface area (Å²) in [5.41, 5.74) is 3.17. The molecule has 0 aliphatic carbocycles. The van der Waals surface area contributed by atoms with Gasteiger partial charge in [-0.25, -0.2) is 0 Å². The van der Waals surface area contributed by atoms with Gasteiger partial charge in [-0.15, -0.1) is 0 Å². The fourth-order valence-electron chi connectivity index (χ4n) is 3.95. The van der Waals surface area contributed by atoms with Crippen molar-refractivity contribution < 1.29 is 14.3 Å². The number of hydrogen-bond donors (Lipinski definition) is 1. The van der Waals surface area contributed by atoms with Gasteiger partial charge in [0.2, 0.25) is 5.91 Å². The van der Waals surface area contributed by atoms with E-state index in [2.05, 4.69) is 19.2 Å². The molecular formula is C31H38N2O3. The van der Waals surface area contributed by atoms with E-state index in [1.807, 2.05) is 98.8 Å². The molecule has 3 rings (SSSR count). The summed E-state index contributed by atoms with van der Waals surface area (Å²) in [5, 5.41) is 3.09. The van der Waals surface area contributed by atoms with Crippen LogP contribution in [0.4, 0.5) is 0 Å². The summed E-state index contributed by atoms with van der Waals surface area (Å²) in [7, 11) is 0. The standard InChI is InChI=1S/C31H38N2O3/c1-5-24(4)32-31(35)29(20-25-12-8-6-9-13-25)33(21-26-14-10-7-11-15-26)30(34)22-36-28-18-16-27(17-19-28)23(2)3/h6-19,23-24,29H,5,20-22H2,1-4H3,(H,32,35)/t24-,29-/m1/s1. The highest BCUT2D eigenvalue weighted by Crippen LogP contribution is 2.20.